The number of carboxylic acids is 1. The van der Waals surface area contributed by atoms with Crippen LogP contribution >= 0.6 is 0 Å². The van der Waals surface area contributed by atoms with E-state index < -0.39 is 5.97 Å². The fraction of sp³-hybridized carbons (Fsp3) is 0.857. The standard InChI is InChI=1S/C14H26N2O3/c1-3-10-5-6-15-12(7-10)14(19)16-9-11(4-2)8-13(17)18/h10-12,15H,3-9H2,1-2H3,(H,16,19)(H,17,18). The van der Waals surface area contributed by atoms with E-state index in [4.69, 9.17) is 5.11 Å². The minimum Gasteiger partial charge on any atom is -0.481 e. The summed E-state index contributed by atoms with van der Waals surface area (Å²) in [6.45, 7) is 5.45. The maximum absolute atomic E-state index is 12.0. The van der Waals surface area contributed by atoms with Gasteiger partial charge in [-0.2, -0.15) is 0 Å². The minimum absolute atomic E-state index is 0.0157. The summed E-state index contributed by atoms with van der Waals surface area (Å²) in [5.41, 5.74) is 0. The van der Waals surface area contributed by atoms with Crippen molar-refractivity contribution in [1.82, 2.24) is 10.6 Å². The van der Waals surface area contributed by atoms with Crippen molar-refractivity contribution in [3.05, 3.63) is 0 Å². The Hall–Kier alpha value is -1.10. The molecule has 0 bridgehead atoms. The zero-order valence-electron chi connectivity index (χ0n) is 11.9. The van der Waals surface area contributed by atoms with Gasteiger partial charge < -0.3 is 15.7 Å². The first-order valence-electron chi connectivity index (χ1n) is 7.29. The van der Waals surface area contributed by atoms with E-state index in [9.17, 15) is 9.59 Å². The molecule has 1 rings (SSSR count). The van der Waals surface area contributed by atoms with Crippen molar-refractivity contribution >= 4 is 11.9 Å². The first kappa shape index (κ1) is 16.0. The van der Waals surface area contributed by atoms with Gasteiger partial charge in [0.2, 0.25) is 5.91 Å². The summed E-state index contributed by atoms with van der Waals surface area (Å²) in [6.07, 6.45) is 4.02. The Bertz CT molecular complexity index is 307. The molecule has 110 valence electrons. The van der Waals surface area contributed by atoms with Crippen molar-refractivity contribution in [3.63, 3.8) is 0 Å². The number of carbonyl (C=O) groups is 2. The normalized spacial score (nSPS) is 24.7. The van der Waals surface area contributed by atoms with E-state index in [-0.39, 0.29) is 24.3 Å². The average molecular weight is 270 g/mol. The van der Waals surface area contributed by atoms with Gasteiger partial charge in [0, 0.05) is 13.0 Å². The maximum Gasteiger partial charge on any atom is 0.303 e. The molecule has 19 heavy (non-hydrogen) atoms. The Morgan fingerprint density at radius 3 is 2.74 bits per heavy atom. The van der Waals surface area contributed by atoms with Gasteiger partial charge in [-0.25, -0.2) is 0 Å². The highest BCUT2D eigenvalue weighted by atomic mass is 16.4. The summed E-state index contributed by atoms with van der Waals surface area (Å²) in [6, 6.07) is -0.110. The second-order valence-electron chi connectivity index (χ2n) is 5.42. The van der Waals surface area contributed by atoms with Gasteiger partial charge in [0.15, 0.2) is 0 Å². The monoisotopic (exact) mass is 270 g/mol. The number of aliphatic carboxylic acids is 1. The fourth-order valence-electron chi connectivity index (χ4n) is 2.54. The van der Waals surface area contributed by atoms with Crippen molar-refractivity contribution in [1.29, 1.82) is 0 Å². The zero-order valence-corrected chi connectivity index (χ0v) is 11.9. The number of hydrogen-bond donors (Lipinski definition) is 3. The number of piperidine rings is 1. The number of amides is 1. The van der Waals surface area contributed by atoms with Crippen LogP contribution in [0, 0.1) is 11.8 Å². The number of carbonyl (C=O) groups excluding carboxylic acids is 1. The van der Waals surface area contributed by atoms with Gasteiger partial charge in [0.25, 0.3) is 0 Å². The largest absolute Gasteiger partial charge is 0.481 e. The van der Waals surface area contributed by atoms with E-state index >= 15 is 0 Å². The molecule has 1 saturated heterocycles. The molecule has 5 heteroatoms. The molecule has 3 N–H and O–H groups in total. The second-order valence-corrected chi connectivity index (χ2v) is 5.42. The van der Waals surface area contributed by atoms with E-state index in [0.29, 0.717) is 12.5 Å². The molecule has 1 fully saturated rings. The number of nitrogens with one attached hydrogen (secondary N) is 2. The van der Waals surface area contributed by atoms with Gasteiger partial charge >= 0.3 is 5.97 Å². The van der Waals surface area contributed by atoms with E-state index in [2.05, 4.69) is 17.6 Å². The average Bonchev–Trinajstić information content (AvgIpc) is 2.42. The Morgan fingerprint density at radius 1 is 1.42 bits per heavy atom. The molecule has 3 atom stereocenters. The molecular formula is C14H26N2O3. The van der Waals surface area contributed by atoms with Crippen LogP contribution in [0.15, 0.2) is 0 Å². The Morgan fingerprint density at radius 2 is 2.16 bits per heavy atom. The van der Waals surface area contributed by atoms with E-state index in [0.717, 1.165) is 32.2 Å². The lowest BCUT2D eigenvalue weighted by atomic mass is 9.90. The van der Waals surface area contributed by atoms with Crippen LogP contribution in [0.2, 0.25) is 0 Å². The Balaban J connectivity index is 2.35. The first-order valence-corrected chi connectivity index (χ1v) is 7.29. The number of hydrogen-bond acceptors (Lipinski definition) is 3. The lowest BCUT2D eigenvalue weighted by molar-refractivity contribution is -0.138. The lowest BCUT2D eigenvalue weighted by Crippen LogP contribution is -2.49. The van der Waals surface area contributed by atoms with Crippen LogP contribution in [0.5, 0.6) is 0 Å². The third kappa shape index (κ3) is 5.59. The van der Waals surface area contributed by atoms with Crippen molar-refractivity contribution < 1.29 is 14.7 Å². The molecule has 0 aliphatic carbocycles. The van der Waals surface area contributed by atoms with Crippen molar-refractivity contribution in [2.24, 2.45) is 11.8 Å². The van der Waals surface area contributed by atoms with E-state index in [1.165, 1.54) is 0 Å². The predicted molar refractivity (Wildman–Crippen MR) is 73.8 cm³/mol. The minimum atomic E-state index is -0.803. The second kappa shape index (κ2) is 8.15. The van der Waals surface area contributed by atoms with Gasteiger partial charge in [0.1, 0.15) is 0 Å². The number of carboxylic acid groups (broad SMARTS) is 1. The van der Waals surface area contributed by atoms with Crippen LogP contribution in [0.1, 0.15) is 46.0 Å². The van der Waals surface area contributed by atoms with Crippen LogP contribution in [0.25, 0.3) is 0 Å². The highest BCUT2D eigenvalue weighted by Gasteiger charge is 2.26. The molecule has 1 aliphatic heterocycles. The van der Waals surface area contributed by atoms with Crippen LogP contribution in [0.4, 0.5) is 0 Å². The van der Waals surface area contributed by atoms with Gasteiger partial charge in [0.05, 0.1) is 6.04 Å². The van der Waals surface area contributed by atoms with Gasteiger partial charge in [-0.15, -0.1) is 0 Å². The van der Waals surface area contributed by atoms with Gasteiger partial charge in [-0.1, -0.05) is 26.7 Å². The molecule has 5 nitrogen and oxygen atoms in total. The quantitative estimate of drug-likeness (QED) is 0.653. The molecule has 0 aromatic carbocycles. The topological polar surface area (TPSA) is 78.4 Å². The van der Waals surface area contributed by atoms with Crippen molar-refractivity contribution in [3.8, 4) is 0 Å². The smallest absolute Gasteiger partial charge is 0.303 e. The zero-order chi connectivity index (χ0) is 14.3. The molecule has 0 saturated carbocycles. The van der Waals surface area contributed by atoms with Crippen LogP contribution in [-0.2, 0) is 9.59 Å². The fourth-order valence-corrected chi connectivity index (χ4v) is 2.54. The summed E-state index contributed by atoms with van der Waals surface area (Å²) >= 11 is 0. The van der Waals surface area contributed by atoms with Crippen LogP contribution in [-0.4, -0.2) is 36.1 Å². The lowest BCUT2D eigenvalue weighted by Gasteiger charge is -2.29. The Labute approximate surface area is 115 Å². The molecule has 1 aliphatic rings. The molecule has 0 spiro atoms. The predicted octanol–water partition coefficient (Wildman–Crippen LogP) is 1.38. The van der Waals surface area contributed by atoms with Crippen molar-refractivity contribution in [2.75, 3.05) is 13.1 Å². The van der Waals surface area contributed by atoms with E-state index in [1.54, 1.807) is 0 Å². The summed E-state index contributed by atoms with van der Waals surface area (Å²) in [7, 11) is 0. The maximum atomic E-state index is 12.0. The molecule has 0 radical (unpaired) electrons. The molecule has 1 amide bonds. The van der Waals surface area contributed by atoms with Crippen LogP contribution in [0.3, 0.4) is 0 Å². The molecule has 1 heterocycles. The highest BCUT2D eigenvalue weighted by molar-refractivity contribution is 5.81. The summed E-state index contributed by atoms with van der Waals surface area (Å²) in [5, 5.41) is 14.9. The molecular weight excluding hydrogens is 244 g/mol. The SMILES string of the molecule is CCC(CNC(=O)C1CC(CC)CCN1)CC(=O)O. The van der Waals surface area contributed by atoms with E-state index in [1.807, 2.05) is 6.92 Å². The first-order chi connectivity index (χ1) is 9.06. The van der Waals surface area contributed by atoms with Gasteiger partial charge in [-0.3, -0.25) is 9.59 Å². The molecule has 3 unspecified atom stereocenters. The highest BCUT2D eigenvalue weighted by Crippen LogP contribution is 2.19. The van der Waals surface area contributed by atoms with Gasteiger partial charge in [-0.05, 0) is 31.2 Å². The Kier molecular flexibility index (Phi) is 6.84. The van der Waals surface area contributed by atoms with Crippen LogP contribution < -0.4 is 10.6 Å². The third-order valence-electron chi connectivity index (χ3n) is 4.01. The third-order valence-corrected chi connectivity index (χ3v) is 4.01. The summed E-state index contributed by atoms with van der Waals surface area (Å²) in [5.74, 6) is -0.144. The molecule has 0 aromatic rings. The summed E-state index contributed by atoms with van der Waals surface area (Å²) < 4.78 is 0. The van der Waals surface area contributed by atoms with Crippen molar-refractivity contribution in [2.45, 2.75) is 52.0 Å². The number of rotatable bonds is 7. The molecule has 0 aromatic heterocycles. The summed E-state index contributed by atoms with van der Waals surface area (Å²) in [4.78, 5) is 22.7.